The molecule has 0 atom stereocenters. The summed E-state index contributed by atoms with van der Waals surface area (Å²) in [6.45, 7) is 1.14. The number of nitrogens with one attached hydrogen (secondary N) is 2. The maximum absolute atomic E-state index is 12.7. The van der Waals surface area contributed by atoms with Crippen molar-refractivity contribution < 1.29 is 17.7 Å². The van der Waals surface area contributed by atoms with Crippen LogP contribution in [-0.4, -0.2) is 46.8 Å². The lowest BCUT2D eigenvalue weighted by atomic mass is 10.1. The van der Waals surface area contributed by atoms with Crippen LogP contribution in [0.2, 0.25) is 0 Å². The Kier molecular flexibility index (Phi) is 6.76. The van der Waals surface area contributed by atoms with Crippen LogP contribution in [0.3, 0.4) is 0 Å². The van der Waals surface area contributed by atoms with Gasteiger partial charge in [0.1, 0.15) is 0 Å². The molecule has 10 nitrogen and oxygen atoms in total. The molecule has 1 saturated heterocycles. The number of hydrazine groups is 1. The molecule has 1 aliphatic heterocycles. The van der Waals surface area contributed by atoms with E-state index in [9.17, 15) is 13.2 Å². The van der Waals surface area contributed by atoms with Gasteiger partial charge in [-0.05, 0) is 49.1 Å². The van der Waals surface area contributed by atoms with Crippen molar-refractivity contribution in [2.45, 2.75) is 37.0 Å². The highest BCUT2D eigenvalue weighted by Crippen LogP contribution is 2.21. The summed E-state index contributed by atoms with van der Waals surface area (Å²) in [5, 5.41) is 3.84. The van der Waals surface area contributed by atoms with E-state index in [0.717, 1.165) is 30.4 Å². The van der Waals surface area contributed by atoms with Crippen LogP contribution >= 0.6 is 0 Å². The van der Waals surface area contributed by atoms with Crippen molar-refractivity contribution in [1.29, 1.82) is 0 Å². The van der Waals surface area contributed by atoms with E-state index >= 15 is 0 Å². The Balaban J connectivity index is 1.26. The summed E-state index contributed by atoms with van der Waals surface area (Å²) in [6.07, 6.45) is 6.77. The highest BCUT2D eigenvalue weighted by atomic mass is 32.2. The molecule has 0 bridgehead atoms. The molecule has 1 aromatic carbocycles. The second kappa shape index (κ2) is 9.88. The summed E-state index contributed by atoms with van der Waals surface area (Å²) in [5.74, 6) is 0.113. The molecule has 1 aliphatic rings. The van der Waals surface area contributed by atoms with Crippen LogP contribution in [0.15, 0.2) is 58.2 Å². The van der Waals surface area contributed by atoms with Crippen molar-refractivity contribution in [3.63, 3.8) is 0 Å². The highest BCUT2D eigenvalue weighted by molar-refractivity contribution is 7.89. The zero-order chi connectivity index (χ0) is 22.4. The second-order valence-corrected chi connectivity index (χ2v) is 9.38. The standard InChI is InChI=1S/C21H24N6O4S/c28-19(24-25-21-23-20(26-31-21)17-10-12-22-13-11-17)9-6-16-4-7-18(8-5-16)32(29,30)27-14-2-1-3-15-27/h4-5,7-8,10-13H,1-3,6,9,14-15H2,(H,24,28)(H,23,25,26). The average molecular weight is 457 g/mol. The fourth-order valence-corrected chi connectivity index (χ4v) is 4.94. The number of pyridine rings is 1. The van der Waals surface area contributed by atoms with Crippen LogP contribution in [0.5, 0.6) is 0 Å². The van der Waals surface area contributed by atoms with Crippen LogP contribution in [-0.2, 0) is 21.2 Å². The summed E-state index contributed by atoms with van der Waals surface area (Å²) < 4.78 is 32.0. The molecule has 2 aromatic heterocycles. The first kappa shape index (κ1) is 21.9. The SMILES string of the molecule is O=C(CCc1ccc(S(=O)(=O)N2CCCCC2)cc1)NNc1nc(-c2ccncc2)no1. The zero-order valence-electron chi connectivity index (χ0n) is 17.4. The van der Waals surface area contributed by atoms with Gasteiger partial charge in [-0.3, -0.25) is 15.2 Å². The number of anilines is 1. The Morgan fingerprint density at radius 2 is 1.75 bits per heavy atom. The van der Waals surface area contributed by atoms with Gasteiger partial charge in [-0.1, -0.05) is 23.7 Å². The Labute approximate surface area is 186 Å². The van der Waals surface area contributed by atoms with Crippen molar-refractivity contribution in [3.8, 4) is 11.4 Å². The summed E-state index contributed by atoms with van der Waals surface area (Å²) in [4.78, 5) is 20.5. The molecule has 1 fully saturated rings. The zero-order valence-corrected chi connectivity index (χ0v) is 18.2. The third kappa shape index (κ3) is 5.29. The number of hydrogen-bond donors (Lipinski definition) is 2. The van der Waals surface area contributed by atoms with Gasteiger partial charge in [0.25, 0.3) is 0 Å². The van der Waals surface area contributed by atoms with Crippen LogP contribution in [0, 0.1) is 0 Å². The molecule has 3 heterocycles. The van der Waals surface area contributed by atoms with Gasteiger partial charge in [0.2, 0.25) is 21.8 Å². The van der Waals surface area contributed by atoms with Gasteiger partial charge < -0.3 is 4.52 Å². The molecule has 2 N–H and O–H groups in total. The van der Waals surface area contributed by atoms with Gasteiger partial charge in [0.05, 0.1) is 4.90 Å². The maximum Gasteiger partial charge on any atom is 0.340 e. The molecular weight excluding hydrogens is 432 g/mol. The lowest BCUT2D eigenvalue weighted by Crippen LogP contribution is -2.35. The molecule has 3 aromatic rings. The van der Waals surface area contributed by atoms with E-state index in [1.54, 1.807) is 53.1 Å². The van der Waals surface area contributed by atoms with Crippen molar-refractivity contribution in [3.05, 3.63) is 54.4 Å². The molecule has 32 heavy (non-hydrogen) atoms. The van der Waals surface area contributed by atoms with Gasteiger partial charge in [-0.15, -0.1) is 0 Å². The molecule has 1 amide bonds. The van der Waals surface area contributed by atoms with Gasteiger partial charge in [-0.25, -0.2) is 13.8 Å². The number of benzene rings is 1. The lowest BCUT2D eigenvalue weighted by Gasteiger charge is -2.25. The topological polar surface area (TPSA) is 130 Å². The number of hydrogen-bond acceptors (Lipinski definition) is 8. The van der Waals surface area contributed by atoms with Crippen LogP contribution in [0.1, 0.15) is 31.2 Å². The molecule has 11 heteroatoms. The van der Waals surface area contributed by atoms with Gasteiger partial charge in [-0.2, -0.15) is 9.29 Å². The van der Waals surface area contributed by atoms with E-state index in [1.165, 1.54) is 0 Å². The van der Waals surface area contributed by atoms with Crippen molar-refractivity contribution >= 4 is 21.9 Å². The average Bonchev–Trinajstić information content (AvgIpc) is 3.32. The predicted octanol–water partition coefficient (Wildman–Crippen LogP) is 2.38. The normalized spacial score (nSPS) is 14.8. The molecule has 0 unspecified atom stereocenters. The lowest BCUT2D eigenvalue weighted by molar-refractivity contribution is -0.120. The summed E-state index contributed by atoms with van der Waals surface area (Å²) in [6, 6.07) is 10.3. The predicted molar refractivity (Wildman–Crippen MR) is 117 cm³/mol. The largest absolute Gasteiger partial charge is 0.340 e. The monoisotopic (exact) mass is 456 g/mol. The Bertz CT molecular complexity index is 1140. The fraction of sp³-hybridized carbons (Fsp3) is 0.333. The number of carbonyl (C=O) groups is 1. The number of amides is 1. The minimum absolute atomic E-state index is 0.0671. The van der Waals surface area contributed by atoms with E-state index in [4.69, 9.17) is 4.52 Å². The third-order valence-electron chi connectivity index (χ3n) is 5.19. The smallest absolute Gasteiger partial charge is 0.313 e. The maximum atomic E-state index is 12.7. The number of piperidine rings is 1. The minimum Gasteiger partial charge on any atom is -0.313 e. The molecule has 168 valence electrons. The van der Waals surface area contributed by atoms with Crippen LogP contribution in [0.4, 0.5) is 6.01 Å². The van der Waals surface area contributed by atoms with Gasteiger partial charge in [0.15, 0.2) is 0 Å². The summed E-state index contributed by atoms with van der Waals surface area (Å²) >= 11 is 0. The van der Waals surface area contributed by atoms with Crippen LogP contribution in [0.25, 0.3) is 11.4 Å². The second-order valence-electron chi connectivity index (χ2n) is 7.44. The van der Waals surface area contributed by atoms with Crippen molar-refractivity contribution in [1.82, 2.24) is 24.9 Å². The fourth-order valence-electron chi connectivity index (χ4n) is 3.42. The first-order valence-electron chi connectivity index (χ1n) is 10.4. The molecular formula is C21H24N6O4S. The first-order valence-corrected chi connectivity index (χ1v) is 11.8. The number of nitrogens with zero attached hydrogens (tertiary/aromatic N) is 4. The molecule has 0 radical (unpaired) electrons. The van der Waals surface area contributed by atoms with E-state index in [0.29, 0.717) is 25.3 Å². The van der Waals surface area contributed by atoms with E-state index in [2.05, 4.69) is 26.0 Å². The number of sulfonamides is 1. The Hall–Kier alpha value is -3.31. The van der Waals surface area contributed by atoms with E-state index in [1.807, 2.05) is 0 Å². The summed E-state index contributed by atoms with van der Waals surface area (Å²) in [7, 11) is -3.45. The molecule has 4 rings (SSSR count). The van der Waals surface area contributed by atoms with E-state index < -0.39 is 10.0 Å². The van der Waals surface area contributed by atoms with Gasteiger partial charge >= 0.3 is 6.01 Å². The summed E-state index contributed by atoms with van der Waals surface area (Å²) in [5.41, 5.74) is 6.72. The number of aryl methyl sites for hydroxylation is 1. The molecule has 0 saturated carbocycles. The van der Waals surface area contributed by atoms with E-state index in [-0.39, 0.29) is 23.2 Å². The number of carbonyl (C=O) groups excluding carboxylic acids is 1. The first-order chi connectivity index (χ1) is 15.5. The molecule has 0 aliphatic carbocycles. The molecule has 0 spiro atoms. The van der Waals surface area contributed by atoms with Gasteiger partial charge in [0, 0.05) is 37.5 Å². The minimum atomic E-state index is -3.45. The van der Waals surface area contributed by atoms with Crippen molar-refractivity contribution in [2.75, 3.05) is 18.5 Å². The van der Waals surface area contributed by atoms with Crippen LogP contribution < -0.4 is 10.9 Å². The number of rotatable bonds is 8. The Morgan fingerprint density at radius 3 is 2.47 bits per heavy atom. The number of aromatic nitrogens is 3. The quantitative estimate of drug-likeness (QED) is 0.494. The third-order valence-corrected chi connectivity index (χ3v) is 7.10. The Morgan fingerprint density at radius 1 is 1.03 bits per heavy atom. The van der Waals surface area contributed by atoms with Crippen molar-refractivity contribution in [2.24, 2.45) is 0 Å². The highest BCUT2D eigenvalue weighted by Gasteiger charge is 2.25.